The van der Waals surface area contributed by atoms with Crippen molar-refractivity contribution in [2.75, 3.05) is 19.7 Å². The summed E-state index contributed by atoms with van der Waals surface area (Å²) in [5.41, 5.74) is 0.729. The molecule has 2 saturated heterocycles. The Morgan fingerprint density at radius 2 is 2.24 bits per heavy atom. The molecule has 1 aromatic heterocycles. The van der Waals surface area contributed by atoms with Gasteiger partial charge in [0.05, 0.1) is 30.6 Å². The summed E-state index contributed by atoms with van der Waals surface area (Å²) in [5, 5.41) is 0. The number of amides is 1. The van der Waals surface area contributed by atoms with Crippen LogP contribution in [0.1, 0.15) is 37.8 Å². The van der Waals surface area contributed by atoms with Crippen molar-refractivity contribution in [3.8, 4) is 0 Å². The van der Waals surface area contributed by atoms with E-state index < -0.39 is 0 Å². The van der Waals surface area contributed by atoms with Crippen LogP contribution in [-0.2, 0) is 20.9 Å². The molecule has 1 aliphatic carbocycles. The number of allylic oxidation sites excluding steroid dienone is 2. The third kappa shape index (κ3) is 3.77. The van der Waals surface area contributed by atoms with Gasteiger partial charge in [-0.25, -0.2) is 0 Å². The lowest BCUT2D eigenvalue weighted by Crippen LogP contribution is -2.51. The quantitative estimate of drug-likeness (QED) is 0.790. The van der Waals surface area contributed by atoms with Crippen LogP contribution in [0.15, 0.2) is 36.5 Å². The Morgan fingerprint density at radius 1 is 1.36 bits per heavy atom. The van der Waals surface area contributed by atoms with Crippen molar-refractivity contribution in [3.05, 3.63) is 42.2 Å². The maximum Gasteiger partial charge on any atom is 0.226 e. The van der Waals surface area contributed by atoms with E-state index in [1.807, 2.05) is 23.1 Å². The number of piperidine rings is 1. The molecule has 0 aromatic carbocycles. The Labute approximate surface area is 149 Å². The molecule has 0 saturated carbocycles. The zero-order chi connectivity index (χ0) is 17.1. The largest absolute Gasteiger partial charge is 0.370 e. The third-order valence-corrected chi connectivity index (χ3v) is 5.58. The highest BCUT2D eigenvalue weighted by atomic mass is 16.6. The molecule has 0 unspecified atom stereocenters. The van der Waals surface area contributed by atoms with Crippen LogP contribution in [0.4, 0.5) is 0 Å². The smallest absolute Gasteiger partial charge is 0.226 e. The molecule has 2 atom stereocenters. The van der Waals surface area contributed by atoms with Gasteiger partial charge in [0.15, 0.2) is 0 Å². The highest BCUT2D eigenvalue weighted by Crippen LogP contribution is 2.37. The van der Waals surface area contributed by atoms with Crippen LogP contribution in [0.25, 0.3) is 0 Å². The average Bonchev–Trinajstić information content (AvgIpc) is 3.31. The van der Waals surface area contributed by atoms with E-state index in [0.29, 0.717) is 25.7 Å². The van der Waals surface area contributed by atoms with E-state index in [0.717, 1.165) is 44.3 Å². The average molecular weight is 342 g/mol. The minimum Gasteiger partial charge on any atom is -0.370 e. The zero-order valence-corrected chi connectivity index (χ0v) is 14.6. The fourth-order valence-corrected chi connectivity index (χ4v) is 4.24. The van der Waals surface area contributed by atoms with Gasteiger partial charge in [0, 0.05) is 31.6 Å². The molecule has 3 heterocycles. The number of carbonyl (C=O) groups excluding carboxylic acids is 1. The van der Waals surface area contributed by atoms with Crippen LogP contribution >= 0.6 is 0 Å². The first-order chi connectivity index (χ1) is 12.2. The van der Waals surface area contributed by atoms with Crippen molar-refractivity contribution in [2.45, 2.75) is 50.4 Å². The number of nitrogens with zero attached hydrogens (tertiary/aromatic N) is 2. The number of aromatic nitrogens is 1. The number of rotatable bonds is 4. The molecule has 3 aliphatic rings. The van der Waals surface area contributed by atoms with Crippen LogP contribution in [0, 0.1) is 5.92 Å². The first-order valence-electron chi connectivity index (χ1n) is 9.33. The van der Waals surface area contributed by atoms with Gasteiger partial charge in [-0.15, -0.1) is 0 Å². The highest BCUT2D eigenvalue weighted by molar-refractivity contribution is 5.79. The van der Waals surface area contributed by atoms with Gasteiger partial charge in [0.2, 0.25) is 5.91 Å². The van der Waals surface area contributed by atoms with Gasteiger partial charge in [0.1, 0.15) is 0 Å². The van der Waals surface area contributed by atoms with Gasteiger partial charge in [0.25, 0.3) is 0 Å². The Kier molecular flexibility index (Phi) is 4.86. The second kappa shape index (κ2) is 7.26. The predicted molar refractivity (Wildman–Crippen MR) is 93.8 cm³/mol. The van der Waals surface area contributed by atoms with Crippen molar-refractivity contribution in [1.29, 1.82) is 0 Å². The lowest BCUT2D eigenvalue weighted by Gasteiger charge is -2.40. The maximum absolute atomic E-state index is 12.7. The van der Waals surface area contributed by atoms with Crippen LogP contribution in [-0.4, -0.2) is 47.2 Å². The summed E-state index contributed by atoms with van der Waals surface area (Å²) >= 11 is 0. The summed E-state index contributed by atoms with van der Waals surface area (Å²) in [6, 6.07) is 5.85. The molecule has 134 valence electrons. The summed E-state index contributed by atoms with van der Waals surface area (Å²) in [6.45, 7) is 2.70. The predicted octanol–water partition coefficient (Wildman–Crippen LogP) is 2.71. The standard InChI is InChI=1S/C20H26N2O3/c23-19(16-6-1-2-7-16)22-11-5-9-20(15-22)12-18(14-25-20)24-13-17-8-3-4-10-21-17/h1-4,8,10,16,18H,5-7,9,11-15H2/t18-,20+/m1/s1. The van der Waals surface area contributed by atoms with Gasteiger partial charge in [-0.1, -0.05) is 18.2 Å². The topological polar surface area (TPSA) is 51.7 Å². The SMILES string of the molecule is O=C(C1CC=CC1)N1CCC[C@]2(C[C@@H](OCc3ccccn3)CO2)C1. The first kappa shape index (κ1) is 16.7. The molecule has 1 amide bonds. The van der Waals surface area contributed by atoms with Crippen molar-refractivity contribution in [2.24, 2.45) is 5.92 Å². The minimum atomic E-state index is -0.214. The molecule has 25 heavy (non-hydrogen) atoms. The van der Waals surface area contributed by atoms with Crippen LogP contribution in [0.3, 0.4) is 0 Å². The van der Waals surface area contributed by atoms with E-state index in [1.165, 1.54) is 0 Å². The number of likely N-dealkylation sites (tertiary alicyclic amines) is 1. The van der Waals surface area contributed by atoms with Gasteiger partial charge in [-0.3, -0.25) is 9.78 Å². The van der Waals surface area contributed by atoms with E-state index >= 15 is 0 Å². The van der Waals surface area contributed by atoms with E-state index in [9.17, 15) is 4.79 Å². The van der Waals surface area contributed by atoms with Crippen molar-refractivity contribution < 1.29 is 14.3 Å². The Balaban J connectivity index is 1.32. The molecular weight excluding hydrogens is 316 g/mol. The number of hydrogen-bond donors (Lipinski definition) is 0. The number of hydrogen-bond acceptors (Lipinski definition) is 4. The van der Waals surface area contributed by atoms with E-state index in [4.69, 9.17) is 9.47 Å². The molecule has 5 nitrogen and oxygen atoms in total. The van der Waals surface area contributed by atoms with Gasteiger partial charge in [-0.2, -0.15) is 0 Å². The molecule has 2 fully saturated rings. The summed E-state index contributed by atoms with van der Waals surface area (Å²) in [4.78, 5) is 19.1. The van der Waals surface area contributed by atoms with E-state index in [1.54, 1.807) is 6.20 Å². The van der Waals surface area contributed by atoms with Gasteiger partial charge < -0.3 is 14.4 Å². The second-order valence-electron chi connectivity index (χ2n) is 7.46. The minimum absolute atomic E-state index is 0.0882. The normalized spacial score (nSPS) is 29.6. The monoisotopic (exact) mass is 342 g/mol. The summed E-state index contributed by atoms with van der Waals surface area (Å²) in [6.07, 6.45) is 10.8. The zero-order valence-electron chi connectivity index (χ0n) is 14.6. The molecule has 5 heteroatoms. The molecule has 2 aliphatic heterocycles. The van der Waals surface area contributed by atoms with Crippen LogP contribution in [0.5, 0.6) is 0 Å². The molecule has 1 spiro atoms. The number of carbonyl (C=O) groups is 1. The highest BCUT2D eigenvalue weighted by Gasteiger charge is 2.45. The molecule has 0 N–H and O–H groups in total. The molecule has 4 rings (SSSR count). The molecular formula is C20H26N2O3. The van der Waals surface area contributed by atoms with Crippen LogP contribution < -0.4 is 0 Å². The Bertz CT molecular complexity index is 625. The molecule has 1 aromatic rings. The van der Waals surface area contributed by atoms with Crippen molar-refractivity contribution in [3.63, 3.8) is 0 Å². The van der Waals surface area contributed by atoms with Crippen LogP contribution in [0.2, 0.25) is 0 Å². The lowest BCUT2D eigenvalue weighted by molar-refractivity contribution is -0.143. The first-order valence-corrected chi connectivity index (χ1v) is 9.33. The van der Waals surface area contributed by atoms with Gasteiger partial charge >= 0.3 is 0 Å². The fourth-order valence-electron chi connectivity index (χ4n) is 4.24. The second-order valence-corrected chi connectivity index (χ2v) is 7.46. The van der Waals surface area contributed by atoms with E-state index in [2.05, 4.69) is 17.1 Å². The fraction of sp³-hybridized carbons (Fsp3) is 0.600. The Morgan fingerprint density at radius 3 is 3.04 bits per heavy atom. The summed E-state index contributed by atoms with van der Waals surface area (Å²) < 4.78 is 12.2. The van der Waals surface area contributed by atoms with Crippen molar-refractivity contribution >= 4 is 5.91 Å². The Hall–Kier alpha value is -1.72. The number of ether oxygens (including phenoxy) is 2. The van der Waals surface area contributed by atoms with Gasteiger partial charge in [-0.05, 0) is 37.8 Å². The third-order valence-electron chi connectivity index (χ3n) is 5.58. The number of pyridine rings is 1. The molecule has 0 bridgehead atoms. The van der Waals surface area contributed by atoms with Crippen molar-refractivity contribution in [1.82, 2.24) is 9.88 Å². The lowest BCUT2D eigenvalue weighted by atomic mass is 9.88. The maximum atomic E-state index is 12.7. The molecule has 0 radical (unpaired) electrons. The van der Waals surface area contributed by atoms with E-state index in [-0.39, 0.29) is 17.6 Å². The summed E-state index contributed by atoms with van der Waals surface area (Å²) in [5.74, 6) is 0.443. The summed E-state index contributed by atoms with van der Waals surface area (Å²) in [7, 11) is 0.